The van der Waals surface area contributed by atoms with Gasteiger partial charge in [0.15, 0.2) is 11.5 Å². The zero-order chi connectivity index (χ0) is 22.5. The molecule has 0 spiro atoms. The standard InChI is InChI=1S/C23H19BrFN7O/c24-19-11-29-22-17(10-26-12-31(19)22)30-16-9-13-5-6-18(16)32(13)23(33)14-3-1-4-15(25)20(14)21-27-7-2-8-28-21/h1-4,7-8,10-13,16,18,30H,5-6,9H2. The lowest BCUT2D eigenvalue weighted by atomic mass is 9.95. The molecule has 3 atom stereocenters. The minimum atomic E-state index is -0.504. The molecule has 4 aromatic rings. The largest absolute Gasteiger partial charge is 0.376 e. The number of hydrogen-bond donors (Lipinski definition) is 1. The molecule has 0 saturated carbocycles. The zero-order valence-corrected chi connectivity index (χ0v) is 19.0. The molecule has 3 unspecified atom stereocenters. The average Bonchev–Trinajstić information content (AvgIpc) is 3.52. The predicted molar refractivity (Wildman–Crippen MR) is 123 cm³/mol. The second-order valence-electron chi connectivity index (χ2n) is 8.31. The zero-order valence-electron chi connectivity index (χ0n) is 17.4. The molecule has 33 heavy (non-hydrogen) atoms. The third-order valence-electron chi connectivity index (χ3n) is 6.52. The van der Waals surface area contributed by atoms with Crippen LogP contribution in [-0.2, 0) is 0 Å². The highest BCUT2D eigenvalue weighted by molar-refractivity contribution is 9.10. The van der Waals surface area contributed by atoms with Crippen LogP contribution in [-0.4, -0.2) is 53.3 Å². The Bertz CT molecular complexity index is 1360. The minimum Gasteiger partial charge on any atom is -0.376 e. The quantitative estimate of drug-likeness (QED) is 0.450. The number of carbonyl (C=O) groups is 1. The summed E-state index contributed by atoms with van der Waals surface area (Å²) in [6.45, 7) is 0. The molecule has 0 radical (unpaired) electrons. The highest BCUT2D eigenvalue weighted by Crippen LogP contribution is 2.41. The van der Waals surface area contributed by atoms with Gasteiger partial charge < -0.3 is 10.2 Å². The first kappa shape index (κ1) is 20.2. The van der Waals surface area contributed by atoms with Crippen molar-refractivity contribution in [2.45, 2.75) is 37.4 Å². The number of hydrogen-bond acceptors (Lipinski definition) is 6. The Labute approximate surface area is 197 Å². The summed E-state index contributed by atoms with van der Waals surface area (Å²) in [7, 11) is 0. The van der Waals surface area contributed by atoms with Crippen LogP contribution in [0.15, 0.2) is 60.0 Å². The number of amides is 1. The van der Waals surface area contributed by atoms with Gasteiger partial charge in [0.2, 0.25) is 0 Å². The molecule has 2 aliphatic rings. The maximum atomic E-state index is 14.8. The van der Waals surface area contributed by atoms with E-state index in [0.29, 0.717) is 5.56 Å². The summed E-state index contributed by atoms with van der Waals surface area (Å²) in [5.74, 6) is -0.479. The molecule has 6 rings (SSSR count). The molecule has 8 nitrogen and oxygen atoms in total. The second-order valence-corrected chi connectivity index (χ2v) is 9.13. The average molecular weight is 508 g/mol. The molecule has 166 valence electrons. The van der Waals surface area contributed by atoms with E-state index in [0.717, 1.165) is 35.2 Å². The van der Waals surface area contributed by atoms with Crippen molar-refractivity contribution in [1.82, 2.24) is 29.2 Å². The Morgan fingerprint density at radius 3 is 2.82 bits per heavy atom. The molecular formula is C23H19BrFN7O. The number of aromatic nitrogens is 5. The summed E-state index contributed by atoms with van der Waals surface area (Å²) in [6, 6.07) is 6.36. The number of nitrogens with zero attached hydrogens (tertiary/aromatic N) is 6. The lowest BCUT2D eigenvalue weighted by Gasteiger charge is -2.26. The summed E-state index contributed by atoms with van der Waals surface area (Å²) in [5, 5.41) is 3.56. The number of halogens is 2. The van der Waals surface area contributed by atoms with Gasteiger partial charge in [-0.15, -0.1) is 0 Å². The van der Waals surface area contributed by atoms with Crippen molar-refractivity contribution in [2.24, 2.45) is 0 Å². The van der Waals surface area contributed by atoms with Gasteiger partial charge in [-0.25, -0.2) is 24.3 Å². The van der Waals surface area contributed by atoms with Crippen LogP contribution in [0, 0.1) is 5.82 Å². The van der Waals surface area contributed by atoms with Crippen molar-refractivity contribution in [1.29, 1.82) is 0 Å². The van der Waals surface area contributed by atoms with E-state index in [2.05, 4.69) is 41.2 Å². The highest BCUT2D eigenvalue weighted by atomic mass is 79.9. The minimum absolute atomic E-state index is 0.00559. The van der Waals surface area contributed by atoms with E-state index >= 15 is 0 Å². The number of benzene rings is 1. The fourth-order valence-electron chi connectivity index (χ4n) is 5.14. The third-order valence-corrected chi connectivity index (χ3v) is 7.11. The second kappa shape index (κ2) is 7.87. The first-order chi connectivity index (χ1) is 16.1. The molecular weight excluding hydrogens is 489 g/mol. The van der Waals surface area contributed by atoms with Crippen molar-refractivity contribution < 1.29 is 9.18 Å². The lowest BCUT2D eigenvalue weighted by molar-refractivity contribution is 0.0728. The molecule has 1 amide bonds. The molecule has 0 aliphatic carbocycles. The number of nitrogens with one attached hydrogen (secondary N) is 1. The maximum Gasteiger partial charge on any atom is 0.255 e. The van der Waals surface area contributed by atoms with Crippen LogP contribution < -0.4 is 5.32 Å². The van der Waals surface area contributed by atoms with Crippen molar-refractivity contribution >= 4 is 33.2 Å². The number of rotatable bonds is 4. The maximum absolute atomic E-state index is 14.8. The van der Waals surface area contributed by atoms with Crippen LogP contribution in [0.2, 0.25) is 0 Å². The van der Waals surface area contributed by atoms with Crippen LogP contribution in [0.4, 0.5) is 10.1 Å². The van der Waals surface area contributed by atoms with Crippen molar-refractivity contribution in [3.05, 3.63) is 71.4 Å². The summed E-state index contributed by atoms with van der Waals surface area (Å²) in [6.07, 6.45) is 10.9. The van der Waals surface area contributed by atoms with Gasteiger partial charge >= 0.3 is 0 Å². The number of fused-ring (bicyclic) bond motifs is 3. The Morgan fingerprint density at radius 1 is 1.12 bits per heavy atom. The SMILES string of the molecule is O=C(c1cccc(F)c1-c1ncccn1)N1C2CCC1C(Nc1cncn3c(Br)cnc13)C2. The van der Waals surface area contributed by atoms with Crippen LogP contribution in [0.5, 0.6) is 0 Å². The predicted octanol–water partition coefficient (Wildman–Crippen LogP) is 3.95. The van der Waals surface area contributed by atoms with E-state index in [1.165, 1.54) is 6.07 Å². The third kappa shape index (κ3) is 3.28. The molecule has 2 fully saturated rings. The summed E-state index contributed by atoms with van der Waals surface area (Å²) >= 11 is 3.47. The van der Waals surface area contributed by atoms with E-state index < -0.39 is 5.82 Å². The molecule has 3 aromatic heterocycles. The van der Waals surface area contributed by atoms with Gasteiger partial charge in [-0.2, -0.15) is 0 Å². The van der Waals surface area contributed by atoms with E-state index in [4.69, 9.17) is 0 Å². The topological polar surface area (TPSA) is 88.3 Å². The van der Waals surface area contributed by atoms with E-state index in [-0.39, 0.29) is 35.4 Å². The monoisotopic (exact) mass is 507 g/mol. The summed E-state index contributed by atoms with van der Waals surface area (Å²) in [4.78, 5) is 32.7. The molecule has 2 saturated heterocycles. The Kier molecular flexibility index (Phi) is 4.83. The Hall–Kier alpha value is -3.40. The molecule has 5 heterocycles. The van der Waals surface area contributed by atoms with Gasteiger partial charge in [-0.1, -0.05) is 6.07 Å². The van der Waals surface area contributed by atoms with Gasteiger partial charge in [0.05, 0.1) is 35.2 Å². The number of carbonyl (C=O) groups excluding carboxylic acids is 1. The molecule has 1 aromatic carbocycles. The van der Waals surface area contributed by atoms with E-state index in [1.807, 2.05) is 9.30 Å². The van der Waals surface area contributed by atoms with Gasteiger partial charge in [-0.3, -0.25) is 9.20 Å². The normalized spacial score (nSPS) is 21.6. The molecule has 10 heteroatoms. The smallest absolute Gasteiger partial charge is 0.255 e. The molecule has 2 aliphatic heterocycles. The fourth-order valence-corrected chi connectivity index (χ4v) is 5.50. The van der Waals surface area contributed by atoms with Crippen LogP contribution in [0.25, 0.3) is 17.0 Å². The van der Waals surface area contributed by atoms with E-state index in [9.17, 15) is 9.18 Å². The summed E-state index contributed by atoms with van der Waals surface area (Å²) in [5.41, 5.74) is 2.03. The van der Waals surface area contributed by atoms with Crippen LogP contribution in [0.1, 0.15) is 29.6 Å². The summed E-state index contributed by atoms with van der Waals surface area (Å²) < 4.78 is 17.5. The fraction of sp³-hybridized carbons (Fsp3) is 0.261. The number of anilines is 1. The van der Waals surface area contributed by atoms with Crippen molar-refractivity contribution in [3.8, 4) is 11.4 Å². The lowest BCUT2D eigenvalue weighted by Crippen LogP contribution is -2.40. The van der Waals surface area contributed by atoms with Crippen molar-refractivity contribution in [3.63, 3.8) is 0 Å². The number of imidazole rings is 1. The van der Waals surface area contributed by atoms with Crippen LogP contribution in [0.3, 0.4) is 0 Å². The van der Waals surface area contributed by atoms with Crippen LogP contribution >= 0.6 is 15.9 Å². The van der Waals surface area contributed by atoms with Gasteiger partial charge in [0.1, 0.15) is 16.7 Å². The Balaban J connectivity index is 1.32. The Morgan fingerprint density at radius 2 is 1.97 bits per heavy atom. The van der Waals surface area contributed by atoms with E-state index in [1.54, 1.807) is 49.3 Å². The van der Waals surface area contributed by atoms with Gasteiger partial charge in [0.25, 0.3) is 5.91 Å². The first-order valence-electron chi connectivity index (χ1n) is 10.7. The first-order valence-corrected chi connectivity index (χ1v) is 11.5. The highest BCUT2D eigenvalue weighted by Gasteiger charge is 2.49. The molecule has 2 bridgehead atoms. The van der Waals surface area contributed by atoms with Crippen molar-refractivity contribution in [2.75, 3.05) is 5.32 Å². The van der Waals surface area contributed by atoms with Gasteiger partial charge in [0, 0.05) is 24.5 Å². The van der Waals surface area contributed by atoms with Gasteiger partial charge in [-0.05, 0) is 53.4 Å². The molecule has 1 N–H and O–H groups in total.